The summed E-state index contributed by atoms with van der Waals surface area (Å²) in [5.41, 5.74) is 0.459. The van der Waals surface area contributed by atoms with Crippen LogP contribution in [0.3, 0.4) is 0 Å². The van der Waals surface area contributed by atoms with E-state index in [1.54, 1.807) is 36.4 Å². The van der Waals surface area contributed by atoms with Gasteiger partial charge in [-0.2, -0.15) is 0 Å². The van der Waals surface area contributed by atoms with E-state index in [0.717, 1.165) is 0 Å². The Balaban J connectivity index is 2.25. The first-order valence-corrected chi connectivity index (χ1v) is 7.55. The summed E-state index contributed by atoms with van der Waals surface area (Å²) in [4.78, 5) is 12.7. The quantitative estimate of drug-likeness (QED) is 0.589. The number of hydrogen-bond donors (Lipinski definition) is 3. The van der Waals surface area contributed by atoms with E-state index in [0.29, 0.717) is 21.2 Å². The number of benzene rings is 3. The van der Waals surface area contributed by atoms with E-state index in [1.165, 1.54) is 12.1 Å². The van der Waals surface area contributed by atoms with Crippen molar-refractivity contribution in [3.63, 3.8) is 0 Å². The number of fused-ring (bicyclic) bond motifs is 2. The molecule has 0 spiro atoms. The molecule has 0 heterocycles. The van der Waals surface area contributed by atoms with Gasteiger partial charge in [0, 0.05) is 11.1 Å². The van der Waals surface area contributed by atoms with Crippen LogP contribution in [0.1, 0.15) is 5.56 Å². The molecule has 1 aliphatic rings. The standard InChI is InChI=1S/C20H14O4/c21-15-9-11-5-1-3-7-13(11)17(19(15)23)18-14-8-4-2-6-12(14)10-16(22)20(18)24/h1-10,15,21-22,24H/t15-/m0/s1. The second kappa shape index (κ2) is 5.22. The second-order valence-corrected chi connectivity index (χ2v) is 5.78. The predicted octanol–water partition coefficient (Wildman–Crippen LogP) is 1.17. The maximum absolute atomic E-state index is 12.7. The van der Waals surface area contributed by atoms with Gasteiger partial charge in [0.1, 0.15) is 6.10 Å². The number of phenols is 2. The first-order chi connectivity index (χ1) is 11.6. The molecule has 3 aromatic carbocycles. The molecule has 0 bridgehead atoms. The number of ketones is 1. The van der Waals surface area contributed by atoms with Gasteiger partial charge in [0.15, 0.2) is 17.3 Å². The molecule has 1 atom stereocenters. The molecule has 3 N–H and O–H groups in total. The third-order valence-corrected chi connectivity index (χ3v) is 4.33. The lowest BCUT2D eigenvalue weighted by Crippen LogP contribution is -2.39. The van der Waals surface area contributed by atoms with Gasteiger partial charge in [-0.3, -0.25) is 4.79 Å². The minimum atomic E-state index is -1.28. The van der Waals surface area contributed by atoms with Crippen LogP contribution in [-0.2, 0) is 4.79 Å². The maximum Gasteiger partial charge on any atom is 0.196 e. The lowest BCUT2D eigenvalue weighted by molar-refractivity contribution is -0.118. The van der Waals surface area contributed by atoms with Gasteiger partial charge >= 0.3 is 0 Å². The van der Waals surface area contributed by atoms with Crippen LogP contribution in [0.4, 0.5) is 0 Å². The highest BCUT2D eigenvalue weighted by molar-refractivity contribution is 6.28. The van der Waals surface area contributed by atoms with Crippen molar-refractivity contribution in [2.24, 2.45) is 0 Å². The third-order valence-electron chi connectivity index (χ3n) is 4.33. The molecule has 4 heteroatoms. The maximum atomic E-state index is 12.7. The number of rotatable bonds is 1. The molecule has 0 aromatic heterocycles. The SMILES string of the molecule is O=C1C(c2c(O)c(O)cc3ccccc23)=c2ccccc2=C[C@@H]1O. The van der Waals surface area contributed by atoms with Gasteiger partial charge in [0.25, 0.3) is 0 Å². The molecule has 118 valence electrons. The third kappa shape index (κ3) is 2.01. The smallest absolute Gasteiger partial charge is 0.196 e. The molecule has 0 amide bonds. The fraction of sp³-hybridized carbons (Fsp3) is 0.0500. The van der Waals surface area contributed by atoms with Gasteiger partial charge in [-0.05, 0) is 33.4 Å². The van der Waals surface area contributed by atoms with Crippen molar-refractivity contribution in [1.29, 1.82) is 0 Å². The van der Waals surface area contributed by atoms with Gasteiger partial charge in [-0.15, -0.1) is 0 Å². The van der Waals surface area contributed by atoms with Crippen molar-refractivity contribution >= 4 is 28.2 Å². The Bertz CT molecular complexity index is 1110. The minimum absolute atomic E-state index is 0.213. The van der Waals surface area contributed by atoms with Crippen LogP contribution in [0.5, 0.6) is 11.5 Å². The topological polar surface area (TPSA) is 77.8 Å². The van der Waals surface area contributed by atoms with E-state index in [-0.39, 0.29) is 22.6 Å². The van der Waals surface area contributed by atoms with Gasteiger partial charge < -0.3 is 15.3 Å². The van der Waals surface area contributed by atoms with Crippen molar-refractivity contribution in [1.82, 2.24) is 0 Å². The predicted molar refractivity (Wildman–Crippen MR) is 91.0 cm³/mol. The lowest BCUT2D eigenvalue weighted by Gasteiger charge is -2.18. The minimum Gasteiger partial charge on any atom is -0.504 e. The van der Waals surface area contributed by atoms with Crippen LogP contribution in [0.15, 0.2) is 54.6 Å². The average Bonchev–Trinajstić information content (AvgIpc) is 2.58. The van der Waals surface area contributed by atoms with Gasteiger partial charge in [0.2, 0.25) is 0 Å². The monoisotopic (exact) mass is 318 g/mol. The van der Waals surface area contributed by atoms with Crippen LogP contribution < -0.4 is 10.4 Å². The number of phenolic OH excluding ortho intramolecular Hbond substituents is 2. The van der Waals surface area contributed by atoms with E-state index in [1.807, 2.05) is 12.1 Å². The molecule has 0 saturated carbocycles. The van der Waals surface area contributed by atoms with Crippen molar-refractivity contribution in [3.05, 3.63) is 70.6 Å². The van der Waals surface area contributed by atoms with Gasteiger partial charge in [-0.1, -0.05) is 48.5 Å². The summed E-state index contributed by atoms with van der Waals surface area (Å²) in [6, 6.07) is 15.8. The second-order valence-electron chi connectivity index (χ2n) is 5.78. The number of Topliss-reactive ketones (excluding diaryl/α,β-unsaturated/α-hetero) is 1. The molecule has 3 aromatic rings. The highest BCUT2D eigenvalue weighted by atomic mass is 16.3. The summed E-state index contributed by atoms with van der Waals surface area (Å²) in [6.45, 7) is 0. The zero-order valence-corrected chi connectivity index (χ0v) is 12.6. The number of aliphatic hydroxyl groups excluding tert-OH is 1. The highest BCUT2D eigenvalue weighted by Gasteiger charge is 2.27. The molecule has 0 radical (unpaired) electrons. The molecule has 0 saturated heterocycles. The Morgan fingerprint density at radius 3 is 2.46 bits per heavy atom. The van der Waals surface area contributed by atoms with E-state index in [9.17, 15) is 20.1 Å². The van der Waals surface area contributed by atoms with Gasteiger partial charge in [0.05, 0.1) is 0 Å². The van der Waals surface area contributed by atoms with Crippen molar-refractivity contribution < 1.29 is 20.1 Å². The molecular formula is C20H14O4. The van der Waals surface area contributed by atoms with Crippen molar-refractivity contribution in [3.8, 4) is 11.5 Å². The number of carbonyl (C=O) groups excluding carboxylic acids is 1. The zero-order chi connectivity index (χ0) is 16.8. The van der Waals surface area contributed by atoms with Crippen molar-refractivity contribution in [2.45, 2.75) is 6.10 Å². The Morgan fingerprint density at radius 1 is 0.917 bits per heavy atom. The van der Waals surface area contributed by atoms with Crippen LogP contribution in [0.2, 0.25) is 0 Å². The van der Waals surface area contributed by atoms with E-state index < -0.39 is 11.9 Å². The first-order valence-electron chi connectivity index (χ1n) is 7.55. The van der Waals surface area contributed by atoms with Crippen LogP contribution in [0.25, 0.3) is 22.4 Å². The largest absolute Gasteiger partial charge is 0.504 e. The number of aromatic hydroxyl groups is 2. The number of aliphatic hydroxyl groups is 1. The van der Waals surface area contributed by atoms with Crippen molar-refractivity contribution in [2.75, 3.05) is 0 Å². The number of hydrogen-bond acceptors (Lipinski definition) is 4. The fourth-order valence-corrected chi connectivity index (χ4v) is 3.23. The molecule has 1 aliphatic carbocycles. The first kappa shape index (κ1) is 14.5. The molecule has 24 heavy (non-hydrogen) atoms. The zero-order valence-electron chi connectivity index (χ0n) is 12.6. The van der Waals surface area contributed by atoms with Crippen LogP contribution in [-0.4, -0.2) is 27.2 Å². The lowest BCUT2D eigenvalue weighted by atomic mass is 9.87. The van der Waals surface area contributed by atoms with Gasteiger partial charge in [-0.25, -0.2) is 0 Å². The molecule has 0 aliphatic heterocycles. The van der Waals surface area contributed by atoms with Crippen LogP contribution >= 0.6 is 0 Å². The van der Waals surface area contributed by atoms with E-state index >= 15 is 0 Å². The molecule has 0 unspecified atom stereocenters. The average molecular weight is 318 g/mol. The summed E-state index contributed by atoms with van der Waals surface area (Å²) in [6.07, 6.45) is 0.207. The summed E-state index contributed by atoms with van der Waals surface area (Å²) >= 11 is 0. The van der Waals surface area contributed by atoms with Crippen LogP contribution in [0, 0.1) is 0 Å². The molecule has 4 nitrogen and oxygen atoms in total. The molecular weight excluding hydrogens is 304 g/mol. The summed E-state index contributed by atoms with van der Waals surface area (Å²) in [5.74, 6) is -1.16. The fourth-order valence-electron chi connectivity index (χ4n) is 3.23. The Kier molecular flexibility index (Phi) is 3.15. The Hall–Kier alpha value is -3.11. The highest BCUT2D eigenvalue weighted by Crippen LogP contribution is 2.39. The molecule has 4 rings (SSSR count). The Labute approximate surface area is 137 Å². The normalized spacial score (nSPS) is 16.8. The molecule has 0 fully saturated rings. The Morgan fingerprint density at radius 2 is 1.62 bits per heavy atom. The summed E-state index contributed by atoms with van der Waals surface area (Å²) in [7, 11) is 0. The summed E-state index contributed by atoms with van der Waals surface area (Å²) in [5, 5.41) is 33.3. The van der Waals surface area contributed by atoms with E-state index in [4.69, 9.17) is 0 Å². The number of carbonyl (C=O) groups is 1. The summed E-state index contributed by atoms with van der Waals surface area (Å²) < 4.78 is 0. The van der Waals surface area contributed by atoms with E-state index in [2.05, 4.69) is 0 Å².